The van der Waals surface area contributed by atoms with Gasteiger partial charge in [-0.25, -0.2) is 9.48 Å². The molecule has 0 aromatic carbocycles. The summed E-state index contributed by atoms with van der Waals surface area (Å²) in [5.41, 5.74) is 1.59. The lowest BCUT2D eigenvalue weighted by Gasteiger charge is -2.11. The minimum Gasteiger partial charge on any atom is -0.464 e. The van der Waals surface area contributed by atoms with Gasteiger partial charge in [0.15, 0.2) is 5.69 Å². The molecule has 2 aromatic rings. The van der Waals surface area contributed by atoms with Crippen molar-refractivity contribution in [3.63, 3.8) is 0 Å². The summed E-state index contributed by atoms with van der Waals surface area (Å²) >= 11 is 0. The molecule has 1 aliphatic heterocycles. The molecule has 0 N–H and O–H groups in total. The van der Waals surface area contributed by atoms with E-state index in [9.17, 15) is 4.79 Å². The molecular weight excluding hydrogens is 274 g/mol. The molecule has 21 heavy (non-hydrogen) atoms. The third kappa shape index (κ3) is 2.66. The van der Waals surface area contributed by atoms with E-state index in [2.05, 4.69) is 15.4 Å². The first kappa shape index (κ1) is 13.7. The number of aryl methyl sites for hydroxylation is 1. The van der Waals surface area contributed by atoms with Crippen LogP contribution in [0.25, 0.3) is 11.3 Å². The van der Waals surface area contributed by atoms with Crippen molar-refractivity contribution in [2.45, 2.75) is 25.5 Å². The molecule has 0 saturated carbocycles. The summed E-state index contributed by atoms with van der Waals surface area (Å²) in [6, 6.07) is 0. The van der Waals surface area contributed by atoms with Gasteiger partial charge in [0.05, 0.1) is 26.0 Å². The number of nitrogens with zero attached hydrogens (tertiary/aromatic N) is 5. The second kappa shape index (κ2) is 5.65. The van der Waals surface area contributed by atoms with E-state index >= 15 is 0 Å². The van der Waals surface area contributed by atoms with E-state index in [1.807, 2.05) is 13.2 Å². The Labute approximate surface area is 121 Å². The van der Waals surface area contributed by atoms with Crippen LogP contribution in [0.2, 0.25) is 0 Å². The normalized spacial score (nSPS) is 18.1. The zero-order valence-corrected chi connectivity index (χ0v) is 12.0. The molecule has 0 aliphatic carbocycles. The summed E-state index contributed by atoms with van der Waals surface area (Å²) in [5.74, 6) is -0.507. The molecule has 1 atom stereocenters. The largest absolute Gasteiger partial charge is 0.464 e. The molecule has 1 unspecified atom stereocenters. The number of esters is 1. The van der Waals surface area contributed by atoms with Crippen LogP contribution in [-0.4, -0.2) is 50.6 Å². The van der Waals surface area contributed by atoms with Gasteiger partial charge in [0.2, 0.25) is 0 Å². The van der Waals surface area contributed by atoms with Gasteiger partial charge < -0.3 is 9.47 Å². The van der Waals surface area contributed by atoms with E-state index in [1.165, 1.54) is 7.11 Å². The molecule has 3 heterocycles. The number of methoxy groups -OCH3 is 1. The number of aromatic nitrogens is 5. The number of carbonyl (C=O) groups is 1. The van der Waals surface area contributed by atoms with Gasteiger partial charge >= 0.3 is 5.97 Å². The fraction of sp³-hybridized carbons (Fsp3) is 0.538. The Kier molecular flexibility index (Phi) is 3.70. The van der Waals surface area contributed by atoms with Crippen molar-refractivity contribution in [1.29, 1.82) is 0 Å². The molecule has 0 radical (unpaired) electrons. The Morgan fingerprint density at radius 3 is 3.05 bits per heavy atom. The first-order chi connectivity index (χ1) is 10.2. The van der Waals surface area contributed by atoms with E-state index in [4.69, 9.17) is 9.47 Å². The molecule has 0 spiro atoms. The summed E-state index contributed by atoms with van der Waals surface area (Å²) in [6.45, 7) is 1.33. The van der Waals surface area contributed by atoms with Crippen molar-refractivity contribution < 1.29 is 14.3 Å². The van der Waals surface area contributed by atoms with Crippen LogP contribution in [0, 0.1) is 0 Å². The fourth-order valence-electron chi connectivity index (χ4n) is 2.49. The summed E-state index contributed by atoms with van der Waals surface area (Å²) in [4.78, 5) is 11.9. The van der Waals surface area contributed by atoms with Crippen molar-refractivity contribution in [1.82, 2.24) is 24.8 Å². The lowest BCUT2D eigenvalue weighted by molar-refractivity contribution is 0.0594. The van der Waals surface area contributed by atoms with Crippen LogP contribution >= 0.6 is 0 Å². The average molecular weight is 291 g/mol. The highest BCUT2D eigenvalue weighted by Crippen LogP contribution is 2.24. The second-order valence-electron chi connectivity index (χ2n) is 5.00. The zero-order valence-electron chi connectivity index (χ0n) is 12.0. The molecular formula is C13H17N5O3. The van der Waals surface area contributed by atoms with Crippen LogP contribution in [0.4, 0.5) is 0 Å². The Hall–Kier alpha value is -2.22. The highest BCUT2D eigenvalue weighted by molar-refractivity contribution is 5.93. The predicted octanol–water partition coefficient (Wildman–Crippen LogP) is 0.644. The minimum absolute atomic E-state index is 0.104. The van der Waals surface area contributed by atoms with E-state index in [-0.39, 0.29) is 11.8 Å². The Morgan fingerprint density at radius 2 is 2.43 bits per heavy atom. The number of hydrogen-bond donors (Lipinski definition) is 0. The number of carbonyl (C=O) groups excluding carboxylic acids is 1. The fourth-order valence-corrected chi connectivity index (χ4v) is 2.49. The number of hydrogen-bond acceptors (Lipinski definition) is 6. The van der Waals surface area contributed by atoms with Crippen LogP contribution in [0.1, 0.15) is 23.3 Å². The summed E-state index contributed by atoms with van der Waals surface area (Å²) in [5, 5.41) is 12.2. The maximum atomic E-state index is 11.9. The smallest absolute Gasteiger partial charge is 0.360 e. The third-order valence-corrected chi connectivity index (χ3v) is 3.49. The van der Waals surface area contributed by atoms with Gasteiger partial charge in [0.25, 0.3) is 0 Å². The second-order valence-corrected chi connectivity index (χ2v) is 5.00. The van der Waals surface area contributed by atoms with Crippen LogP contribution in [-0.2, 0) is 23.1 Å². The quantitative estimate of drug-likeness (QED) is 0.769. The number of rotatable bonds is 4. The molecule has 1 fully saturated rings. The van der Waals surface area contributed by atoms with Gasteiger partial charge in [-0.1, -0.05) is 5.21 Å². The SMILES string of the molecule is COC(=O)c1nnn(CC2CCCO2)c1-c1cnn(C)c1. The van der Waals surface area contributed by atoms with Crippen molar-refractivity contribution >= 4 is 5.97 Å². The molecule has 1 aliphatic rings. The van der Waals surface area contributed by atoms with Crippen LogP contribution < -0.4 is 0 Å². The van der Waals surface area contributed by atoms with E-state index < -0.39 is 5.97 Å². The molecule has 0 bridgehead atoms. The zero-order chi connectivity index (χ0) is 14.8. The highest BCUT2D eigenvalue weighted by Gasteiger charge is 2.25. The van der Waals surface area contributed by atoms with Gasteiger partial charge in [-0.05, 0) is 12.8 Å². The Balaban J connectivity index is 1.99. The first-order valence-corrected chi connectivity index (χ1v) is 6.81. The standard InChI is InChI=1S/C13H17N5O3/c1-17-7-9(6-14-17)12-11(13(19)20-2)15-16-18(12)8-10-4-3-5-21-10/h6-7,10H,3-5,8H2,1-2H3. The maximum absolute atomic E-state index is 11.9. The van der Waals surface area contributed by atoms with Crippen molar-refractivity contribution in [2.75, 3.05) is 13.7 Å². The molecule has 3 rings (SSSR count). The molecule has 0 amide bonds. The van der Waals surface area contributed by atoms with Crippen LogP contribution in [0.3, 0.4) is 0 Å². The highest BCUT2D eigenvalue weighted by atomic mass is 16.5. The van der Waals surface area contributed by atoms with Crippen molar-refractivity contribution in [3.8, 4) is 11.3 Å². The molecule has 2 aromatic heterocycles. The first-order valence-electron chi connectivity index (χ1n) is 6.81. The molecule has 8 heteroatoms. The van der Waals surface area contributed by atoms with Gasteiger partial charge in [0.1, 0.15) is 5.69 Å². The third-order valence-electron chi connectivity index (χ3n) is 3.49. The van der Waals surface area contributed by atoms with E-state index in [0.29, 0.717) is 12.2 Å². The van der Waals surface area contributed by atoms with Crippen molar-refractivity contribution in [2.24, 2.45) is 7.05 Å². The number of ether oxygens (including phenoxy) is 2. The van der Waals surface area contributed by atoms with Gasteiger partial charge in [-0.15, -0.1) is 5.10 Å². The molecule has 8 nitrogen and oxygen atoms in total. The Morgan fingerprint density at radius 1 is 1.57 bits per heavy atom. The monoisotopic (exact) mass is 291 g/mol. The lowest BCUT2D eigenvalue weighted by Crippen LogP contribution is -2.17. The maximum Gasteiger partial charge on any atom is 0.360 e. The minimum atomic E-state index is -0.507. The molecule has 1 saturated heterocycles. The lowest BCUT2D eigenvalue weighted by atomic mass is 10.2. The summed E-state index contributed by atoms with van der Waals surface area (Å²) < 4.78 is 13.8. The van der Waals surface area contributed by atoms with Gasteiger partial charge in [0, 0.05) is 25.4 Å². The van der Waals surface area contributed by atoms with Gasteiger partial charge in [-0.3, -0.25) is 4.68 Å². The topological polar surface area (TPSA) is 84.1 Å². The summed E-state index contributed by atoms with van der Waals surface area (Å²) in [6.07, 6.45) is 5.63. The van der Waals surface area contributed by atoms with E-state index in [1.54, 1.807) is 15.6 Å². The summed E-state index contributed by atoms with van der Waals surface area (Å²) in [7, 11) is 3.14. The van der Waals surface area contributed by atoms with E-state index in [0.717, 1.165) is 25.0 Å². The molecule has 112 valence electrons. The average Bonchev–Trinajstić information content (AvgIpc) is 3.19. The van der Waals surface area contributed by atoms with Crippen LogP contribution in [0.15, 0.2) is 12.4 Å². The Bertz CT molecular complexity index is 642. The van der Waals surface area contributed by atoms with Crippen molar-refractivity contribution in [3.05, 3.63) is 18.1 Å². The van der Waals surface area contributed by atoms with Gasteiger partial charge in [-0.2, -0.15) is 5.10 Å². The van der Waals surface area contributed by atoms with Crippen LogP contribution in [0.5, 0.6) is 0 Å². The predicted molar refractivity (Wildman–Crippen MR) is 72.5 cm³/mol.